The predicted octanol–water partition coefficient (Wildman–Crippen LogP) is 5.88. The van der Waals surface area contributed by atoms with Gasteiger partial charge in [-0.3, -0.25) is 10.1 Å². The van der Waals surface area contributed by atoms with Gasteiger partial charge in [0.1, 0.15) is 5.69 Å². The Morgan fingerprint density at radius 1 is 1.06 bits per heavy atom. The molecule has 2 heterocycles. The minimum atomic E-state index is -1.46. The SMILES string of the molecule is CCc1ccc(C)c(C[C@@H](CC(C)(C)S(N)=O)c2ccccc2-c2noc3ccccc23)n1. The van der Waals surface area contributed by atoms with Crippen molar-refractivity contribution < 1.29 is 8.73 Å². The van der Waals surface area contributed by atoms with Crippen LogP contribution in [0.4, 0.5) is 0 Å². The van der Waals surface area contributed by atoms with Crippen molar-refractivity contribution in [2.24, 2.45) is 5.14 Å². The van der Waals surface area contributed by atoms with Crippen LogP contribution in [-0.4, -0.2) is 19.1 Å². The summed E-state index contributed by atoms with van der Waals surface area (Å²) in [6.07, 6.45) is 2.27. The number of hydrogen-bond donors (Lipinski definition) is 1. The number of benzene rings is 2. The van der Waals surface area contributed by atoms with Crippen molar-refractivity contribution >= 4 is 22.0 Å². The molecule has 4 rings (SSSR count). The number of hydrogen-bond acceptors (Lipinski definition) is 4. The van der Waals surface area contributed by atoms with E-state index in [9.17, 15) is 4.21 Å². The van der Waals surface area contributed by atoms with Crippen LogP contribution in [0.5, 0.6) is 0 Å². The summed E-state index contributed by atoms with van der Waals surface area (Å²) in [4.78, 5) is 4.93. The minimum absolute atomic E-state index is 0.0532. The van der Waals surface area contributed by atoms with E-state index >= 15 is 0 Å². The smallest absolute Gasteiger partial charge is 0.167 e. The molecule has 0 aliphatic heterocycles. The summed E-state index contributed by atoms with van der Waals surface area (Å²) in [5.41, 5.74) is 7.05. The highest BCUT2D eigenvalue weighted by Crippen LogP contribution is 2.39. The predicted molar refractivity (Wildman–Crippen MR) is 135 cm³/mol. The summed E-state index contributed by atoms with van der Waals surface area (Å²) in [7, 11) is -1.46. The average molecular weight is 462 g/mol. The zero-order valence-corrected chi connectivity index (χ0v) is 20.5. The Hall–Kier alpha value is -2.83. The highest BCUT2D eigenvalue weighted by Gasteiger charge is 2.31. The number of pyridine rings is 1. The summed E-state index contributed by atoms with van der Waals surface area (Å²) in [5, 5.41) is 11.3. The molecule has 33 heavy (non-hydrogen) atoms. The molecular formula is C27H31N3O2S. The molecule has 0 aliphatic rings. The maximum atomic E-state index is 12.4. The van der Waals surface area contributed by atoms with Crippen LogP contribution in [0.15, 0.2) is 65.2 Å². The fourth-order valence-electron chi connectivity index (χ4n) is 4.37. The lowest BCUT2D eigenvalue weighted by Crippen LogP contribution is -2.34. The molecule has 0 bridgehead atoms. The summed E-state index contributed by atoms with van der Waals surface area (Å²) in [6, 6.07) is 20.4. The number of aromatic nitrogens is 2. The first-order valence-corrected chi connectivity index (χ1v) is 12.6. The van der Waals surface area contributed by atoms with Gasteiger partial charge in [0.05, 0.1) is 15.7 Å². The first kappa shape index (κ1) is 23.3. The zero-order chi connectivity index (χ0) is 23.6. The first-order chi connectivity index (χ1) is 15.8. The third-order valence-corrected chi connectivity index (χ3v) is 7.63. The van der Waals surface area contributed by atoms with E-state index in [-0.39, 0.29) is 5.92 Å². The normalized spacial score (nSPS) is 13.8. The van der Waals surface area contributed by atoms with E-state index < -0.39 is 15.7 Å². The second kappa shape index (κ2) is 9.57. The van der Waals surface area contributed by atoms with Crippen molar-refractivity contribution in [3.63, 3.8) is 0 Å². The monoisotopic (exact) mass is 461 g/mol. The topological polar surface area (TPSA) is 82.0 Å². The van der Waals surface area contributed by atoms with E-state index in [0.29, 0.717) is 6.42 Å². The highest BCUT2D eigenvalue weighted by atomic mass is 32.2. The van der Waals surface area contributed by atoms with Crippen LogP contribution < -0.4 is 5.14 Å². The molecule has 0 fully saturated rings. The molecule has 5 nitrogen and oxygen atoms in total. The largest absolute Gasteiger partial charge is 0.356 e. The molecule has 4 aromatic rings. The van der Waals surface area contributed by atoms with Crippen LogP contribution >= 0.6 is 0 Å². The van der Waals surface area contributed by atoms with E-state index in [4.69, 9.17) is 14.6 Å². The van der Waals surface area contributed by atoms with Crippen LogP contribution in [0.1, 0.15) is 55.6 Å². The van der Waals surface area contributed by atoms with Gasteiger partial charge in [0.2, 0.25) is 0 Å². The van der Waals surface area contributed by atoms with E-state index in [1.807, 2.05) is 50.2 Å². The molecule has 2 aromatic heterocycles. The first-order valence-electron chi connectivity index (χ1n) is 11.4. The number of nitrogens with zero attached hydrogens (tertiary/aromatic N) is 2. The quantitative estimate of drug-likeness (QED) is 0.355. The van der Waals surface area contributed by atoms with Gasteiger partial charge < -0.3 is 4.52 Å². The summed E-state index contributed by atoms with van der Waals surface area (Å²) in [5.74, 6) is 0.0532. The van der Waals surface area contributed by atoms with Crippen LogP contribution in [0, 0.1) is 6.92 Å². The molecule has 6 heteroatoms. The van der Waals surface area contributed by atoms with Gasteiger partial charge in [0.15, 0.2) is 5.58 Å². The van der Waals surface area contributed by atoms with Crippen molar-refractivity contribution in [1.82, 2.24) is 10.1 Å². The van der Waals surface area contributed by atoms with Crippen LogP contribution in [0.25, 0.3) is 22.2 Å². The van der Waals surface area contributed by atoms with Gasteiger partial charge >= 0.3 is 0 Å². The maximum Gasteiger partial charge on any atom is 0.167 e. The molecule has 2 atom stereocenters. The fourth-order valence-corrected chi connectivity index (χ4v) is 4.73. The zero-order valence-electron chi connectivity index (χ0n) is 19.7. The van der Waals surface area contributed by atoms with E-state index in [2.05, 4.69) is 43.3 Å². The Morgan fingerprint density at radius 3 is 2.55 bits per heavy atom. The lowest BCUT2D eigenvalue weighted by Gasteiger charge is -2.29. The van der Waals surface area contributed by atoms with Gasteiger partial charge in [-0.15, -0.1) is 0 Å². The van der Waals surface area contributed by atoms with Gasteiger partial charge in [-0.05, 0) is 75.3 Å². The maximum absolute atomic E-state index is 12.4. The molecular weight excluding hydrogens is 430 g/mol. The van der Waals surface area contributed by atoms with Crippen molar-refractivity contribution in [1.29, 1.82) is 0 Å². The summed E-state index contributed by atoms with van der Waals surface area (Å²) < 4.78 is 17.4. The minimum Gasteiger partial charge on any atom is -0.356 e. The Labute approximate surface area is 198 Å². The lowest BCUT2D eigenvalue weighted by molar-refractivity contribution is 0.459. The van der Waals surface area contributed by atoms with Crippen LogP contribution in [0.3, 0.4) is 0 Å². The lowest BCUT2D eigenvalue weighted by atomic mass is 9.82. The molecule has 1 unspecified atom stereocenters. The second-order valence-electron chi connectivity index (χ2n) is 9.20. The molecule has 2 N–H and O–H groups in total. The third kappa shape index (κ3) is 4.92. The summed E-state index contributed by atoms with van der Waals surface area (Å²) >= 11 is 0. The molecule has 0 saturated carbocycles. The van der Waals surface area contributed by atoms with E-state index in [1.165, 1.54) is 0 Å². The number of aryl methyl sites for hydroxylation is 2. The van der Waals surface area contributed by atoms with Gasteiger partial charge in [0, 0.05) is 22.3 Å². The standard InChI is InChI=1S/C27H31N3O2S/c1-5-20-15-14-18(2)24(29-20)16-19(17-27(3,4)33(28)31)21-10-6-7-11-22(21)26-23-12-8-9-13-25(23)32-30-26/h6-15,19H,5,16-17,28H2,1-4H3/t19-,33?/m0/s1. The molecule has 0 aliphatic carbocycles. The Kier molecular flexibility index (Phi) is 6.77. The van der Waals surface area contributed by atoms with Crippen molar-refractivity contribution in [3.05, 3.63) is 83.2 Å². The van der Waals surface area contributed by atoms with Crippen LogP contribution in [0.2, 0.25) is 0 Å². The molecule has 0 saturated heterocycles. The van der Waals surface area contributed by atoms with Gasteiger partial charge in [-0.25, -0.2) is 4.21 Å². The summed E-state index contributed by atoms with van der Waals surface area (Å²) in [6.45, 7) is 8.15. The Bertz CT molecular complexity index is 1300. The fraction of sp³-hybridized carbons (Fsp3) is 0.333. The molecule has 0 amide bonds. The molecule has 2 aromatic carbocycles. The molecule has 0 radical (unpaired) electrons. The molecule has 172 valence electrons. The van der Waals surface area contributed by atoms with E-state index in [1.54, 1.807) is 0 Å². The van der Waals surface area contributed by atoms with Crippen LogP contribution in [-0.2, 0) is 23.8 Å². The Morgan fingerprint density at radius 2 is 1.79 bits per heavy atom. The number of rotatable bonds is 8. The average Bonchev–Trinajstić information content (AvgIpc) is 3.24. The van der Waals surface area contributed by atoms with Crippen molar-refractivity contribution in [2.45, 2.75) is 57.6 Å². The number of nitrogens with two attached hydrogens (primary N) is 1. The van der Waals surface area contributed by atoms with Gasteiger partial charge in [-0.2, -0.15) is 0 Å². The third-order valence-electron chi connectivity index (χ3n) is 6.38. The molecule has 0 spiro atoms. The highest BCUT2D eigenvalue weighted by molar-refractivity contribution is 7.84. The van der Waals surface area contributed by atoms with Gasteiger partial charge in [0.25, 0.3) is 0 Å². The van der Waals surface area contributed by atoms with Crippen molar-refractivity contribution in [3.8, 4) is 11.3 Å². The number of fused-ring (bicyclic) bond motifs is 1. The Balaban J connectivity index is 1.84. The van der Waals surface area contributed by atoms with Gasteiger partial charge in [-0.1, -0.05) is 54.5 Å². The number of para-hydroxylation sites is 1. The van der Waals surface area contributed by atoms with E-state index in [0.717, 1.165) is 57.6 Å². The van der Waals surface area contributed by atoms with Crippen molar-refractivity contribution in [2.75, 3.05) is 0 Å². The second-order valence-corrected chi connectivity index (χ2v) is 10.9.